The Balaban J connectivity index is 1.82. The molecule has 1 aliphatic heterocycles. The lowest BCUT2D eigenvalue weighted by Crippen LogP contribution is -2.49. The van der Waals surface area contributed by atoms with Gasteiger partial charge in [-0.1, -0.05) is 12.1 Å². The third-order valence-electron chi connectivity index (χ3n) is 6.90. The van der Waals surface area contributed by atoms with E-state index >= 15 is 0 Å². The van der Waals surface area contributed by atoms with Crippen molar-refractivity contribution in [3.05, 3.63) is 64.7 Å². The molecular formula is C27H30F6N4O5. The molecule has 1 saturated heterocycles. The van der Waals surface area contributed by atoms with Crippen molar-refractivity contribution in [1.29, 1.82) is 0 Å². The quantitative estimate of drug-likeness (QED) is 0.230. The molecule has 0 bridgehead atoms. The molecule has 3 amide bonds. The molecule has 1 aliphatic rings. The van der Waals surface area contributed by atoms with Crippen LogP contribution < -0.4 is 15.5 Å². The number of carbonyl (C=O) groups is 3. The fourth-order valence-electron chi connectivity index (χ4n) is 4.34. The Bertz CT molecular complexity index is 1230. The highest BCUT2D eigenvalue weighted by Gasteiger charge is 2.37. The minimum Gasteiger partial charge on any atom is -0.489 e. The van der Waals surface area contributed by atoms with Crippen molar-refractivity contribution in [2.75, 3.05) is 33.2 Å². The molecule has 2 atom stereocenters. The number of benzene rings is 2. The first kappa shape index (κ1) is 32.7. The van der Waals surface area contributed by atoms with E-state index in [0.29, 0.717) is 43.9 Å². The van der Waals surface area contributed by atoms with Gasteiger partial charge in [0.15, 0.2) is 0 Å². The standard InChI is InChI=1S/C27H30F6N4O5/c1-16(24(39)35-41)36(2)25(40)22(14-23(38)37-9-7-34-8-10-37)18-3-5-21(6-4-18)42-15-17-11-19(26(28,29)30)13-20(12-17)27(31,32)33/h3-6,11-13,16,22,34,41H,7-10,14-15H2,1-2H3,(H,35,39)/t16-,22+/m0/s1. The van der Waals surface area contributed by atoms with Crippen molar-refractivity contribution in [3.63, 3.8) is 0 Å². The number of hydrogen-bond acceptors (Lipinski definition) is 6. The van der Waals surface area contributed by atoms with Crippen molar-refractivity contribution in [2.24, 2.45) is 0 Å². The molecule has 3 N–H and O–H groups in total. The van der Waals surface area contributed by atoms with Gasteiger partial charge < -0.3 is 19.9 Å². The van der Waals surface area contributed by atoms with Gasteiger partial charge in [0.25, 0.3) is 5.91 Å². The molecule has 42 heavy (non-hydrogen) atoms. The van der Waals surface area contributed by atoms with Gasteiger partial charge in [-0.15, -0.1) is 0 Å². The van der Waals surface area contributed by atoms with E-state index in [-0.39, 0.29) is 29.7 Å². The Morgan fingerprint density at radius 3 is 2.05 bits per heavy atom. The van der Waals surface area contributed by atoms with E-state index in [1.807, 2.05) is 0 Å². The minimum absolute atomic E-state index is 0.0270. The number of carbonyl (C=O) groups excluding carboxylic acids is 3. The summed E-state index contributed by atoms with van der Waals surface area (Å²) in [6, 6.07) is 5.72. The molecule has 0 saturated carbocycles. The average molecular weight is 605 g/mol. The second kappa shape index (κ2) is 13.4. The third-order valence-corrected chi connectivity index (χ3v) is 6.90. The fourth-order valence-corrected chi connectivity index (χ4v) is 4.34. The lowest BCUT2D eigenvalue weighted by Gasteiger charge is -2.31. The van der Waals surface area contributed by atoms with Crippen LogP contribution in [0, 0.1) is 0 Å². The number of rotatable bonds is 9. The van der Waals surface area contributed by atoms with Crippen LogP contribution in [0.3, 0.4) is 0 Å². The van der Waals surface area contributed by atoms with Gasteiger partial charge in [0.1, 0.15) is 18.4 Å². The van der Waals surface area contributed by atoms with Crippen LogP contribution in [-0.4, -0.2) is 72.0 Å². The average Bonchev–Trinajstić information content (AvgIpc) is 2.96. The zero-order chi connectivity index (χ0) is 31.2. The van der Waals surface area contributed by atoms with Gasteiger partial charge in [-0.25, -0.2) is 5.48 Å². The van der Waals surface area contributed by atoms with Crippen LogP contribution in [0.25, 0.3) is 0 Å². The number of piperazine rings is 1. The Hall–Kier alpha value is -3.85. The van der Waals surface area contributed by atoms with E-state index in [2.05, 4.69) is 5.32 Å². The molecule has 2 aromatic rings. The Morgan fingerprint density at radius 2 is 1.55 bits per heavy atom. The van der Waals surface area contributed by atoms with Crippen LogP contribution in [0.15, 0.2) is 42.5 Å². The maximum Gasteiger partial charge on any atom is 0.416 e. The first-order chi connectivity index (χ1) is 19.6. The zero-order valence-corrected chi connectivity index (χ0v) is 22.7. The van der Waals surface area contributed by atoms with Crippen LogP contribution in [0.4, 0.5) is 26.3 Å². The first-order valence-electron chi connectivity index (χ1n) is 12.8. The number of nitrogens with zero attached hydrogens (tertiary/aromatic N) is 2. The Morgan fingerprint density at radius 1 is 1.00 bits per heavy atom. The largest absolute Gasteiger partial charge is 0.489 e. The van der Waals surface area contributed by atoms with E-state index < -0.39 is 53.9 Å². The SMILES string of the molecule is C[C@@H](C(=O)NO)N(C)C(=O)[C@H](CC(=O)N1CCNCC1)c1ccc(OCc2cc(C(F)(F)F)cc(C(F)(F)F)c2)cc1. The van der Waals surface area contributed by atoms with Crippen LogP contribution in [-0.2, 0) is 33.3 Å². The summed E-state index contributed by atoms with van der Waals surface area (Å²) in [5.41, 5.74) is -1.45. The number of ether oxygens (including phenoxy) is 1. The lowest BCUT2D eigenvalue weighted by atomic mass is 9.92. The number of hydroxylamine groups is 1. The number of likely N-dealkylation sites (N-methyl/N-ethyl adjacent to an activating group) is 1. The summed E-state index contributed by atoms with van der Waals surface area (Å²) in [6.45, 7) is 2.83. The van der Waals surface area contributed by atoms with Crippen molar-refractivity contribution in [1.82, 2.24) is 20.6 Å². The molecule has 3 rings (SSSR count). The lowest BCUT2D eigenvalue weighted by molar-refractivity contribution is -0.144. The molecule has 9 nitrogen and oxygen atoms in total. The molecule has 0 aliphatic carbocycles. The summed E-state index contributed by atoms with van der Waals surface area (Å²) >= 11 is 0. The predicted octanol–water partition coefficient (Wildman–Crippen LogP) is 3.56. The fraction of sp³-hybridized carbons (Fsp3) is 0.444. The van der Waals surface area contributed by atoms with Crippen LogP contribution in [0.2, 0.25) is 0 Å². The second-order valence-electron chi connectivity index (χ2n) is 9.76. The number of amides is 3. The van der Waals surface area contributed by atoms with E-state index in [1.54, 1.807) is 4.90 Å². The van der Waals surface area contributed by atoms with Crippen molar-refractivity contribution < 1.29 is 50.7 Å². The van der Waals surface area contributed by atoms with Gasteiger partial charge in [0.05, 0.1) is 17.0 Å². The molecular weight excluding hydrogens is 574 g/mol. The van der Waals surface area contributed by atoms with Gasteiger partial charge >= 0.3 is 12.4 Å². The van der Waals surface area contributed by atoms with E-state index in [4.69, 9.17) is 9.94 Å². The summed E-state index contributed by atoms with van der Waals surface area (Å²) in [5, 5.41) is 12.1. The predicted molar refractivity (Wildman–Crippen MR) is 136 cm³/mol. The van der Waals surface area contributed by atoms with Gasteiger partial charge in [0, 0.05) is 39.6 Å². The zero-order valence-electron chi connectivity index (χ0n) is 22.7. The Labute approximate surface area is 237 Å². The van der Waals surface area contributed by atoms with Crippen molar-refractivity contribution in [3.8, 4) is 5.75 Å². The molecule has 0 aromatic heterocycles. The van der Waals surface area contributed by atoms with Crippen LogP contribution >= 0.6 is 0 Å². The van der Waals surface area contributed by atoms with Gasteiger partial charge in [0.2, 0.25) is 11.8 Å². The Kier molecular flexibility index (Phi) is 10.4. The topological polar surface area (TPSA) is 111 Å². The molecule has 230 valence electrons. The molecule has 0 spiro atoms. The number of hydrogen-bond donors (Lipinski definition) is 3. The first-order valence-corrected chi connectivity index (χ1v) is 12.8. The van der Waals surface area contributed by atoms with Gasteiger partial charge in [-0.2, -0.15) is 26.3 Å². The molecule has 0 unspecified atom stereocenters. The number of nitrogens with one attached hydrogen (secondary N) is 2. The second-order valence-corrected chi connectivity index (χ2v) is 9.76. The van der Waals surface area contributed by atoms with E-state index in [1.165, 1.54) is 43.7 Å². The van der Waals surface area contributed by atoms with E-state index in [9.17, 15) is 40.7 Å². The third kappa shape index (κ3) is 8.35. The number of halogens is 6. The molecule has 2 aromatic carbocycles. The van der Waals surface area contributed by atoms with Crippen molar-refractivity contribution in [2.45, 2.75) is 44.3 Å². The van der Waals surface area contributed by atoms with Crippen LogP contribution in [0.1, 0.15) is 41.5 Å². The summed E-state index contributed by atoms with van der Waals surface area (Å²) in [5.74, 6) is -2.69. The molecule has 0 radical (unpaired) electrons. The molecule has 1 fully saturated rings. The molecule has 15 heteroatoms. The monoisotopic (exact) mass is 604 g/mol. The highest BCUT2D eigenvalue weighted by atomic mass is 19.4. The van der Waals surface area contributed by atoms with Crippen molar-refractivity contribution >= 4 is 17.7 Å². The number of alkyl halides is 6. The van der Waals surface area contributed by atoms with Gasteiger partial charge in [-0.3, -0.25) is 19.6 Å². The van der Waals surface area contributed by atoms with Crippen LogP contribution in [0.5, 0.6) is 5.75 Å². The summed E-state index contributed by atoms with van der Waals surface area (Å²) in [6.07, 6.45) is -10.2. The maximum atomic E-state index is 13.4. The highest BCUT2D eigenvalue weighted by Crippen LogP contribution is 2.36. The smallest absolute Gasteiger partial charge is 0.416 e. The normalized spacial score (nSPS) is 15.5. The minimum atomic E-state index is -5.00. The summed E-state index contributed by atoms with van der Waals surface area (Å²) < 4.78 is 84.4. The maximum absolute atomic E-state index is 13.4. The molecule has 1 heterocycles. The van der Waals surface area contributed by atoms with E-state index in [0.717, 1.165) is 4.90 Å². The summed E-state index contributed by atoms with van der Waals surface area (Å²) in [4.78, 5) is 41.0. The summed E-state index contributed by atoms with van der Waals surface area (Å²) in [7, 11) is 1.34. The highest BCUT2D eigenvalue weighted by molar-refractivity contribution is 5.93. The van der Waals surface area contributed by atoms with Gasteiger partial charge in [-0.05, 0) is 48.4 Å².